The van der Waals surface area contributed by atoms with Gasteiger partial charge in [0.15, 0.2) is 0 Å². The largest absolute Gasteiger partial charge is 0.351 e. The summed E-state index contributed by atoms with van der Waals surface area (Å²) in [4.78, 5) is 2.27. The van der Waals surface area contributed by atoms with Crippen LogP contribution in [-0.2, 0) is 6.54 Å². The first-order chi connectivity index (χ1) is 8.74. The molecule has 3 heteroatoms. The van der Waals surface area contributed by atoms with Gasteiger partial charge in [-0.2, -0.15) is 11.8 Å². The Morgan fingerprint density at radius 3 is 2.67 bits per heavy atom. The molecule has 1 aromatic rings. The lowest BCUT2D eigenvalue weighted by molar-refractivity contribution is 0.369. The molecule has 96 valence electrons. The molecule has 1 heterocycles. The van der Waals surface area contributed by atoms with Gasteiger partial charge < -0.3 is 4.90 Å². The van der Waals surface area contributed by atoms with Crippen LogP contribution in [0.4, 0.5) is 0 Å². The Morgan fingerprint density at radius 2 is 2.00 bits per heavy atom. The lowest BCUT2D eigenvalue weighted by atomic mass is 10.1. The Morgan fingerprint density at radius 1 is 1.28 bits per heavy atom. The fourth-order valence-electron chi connectivity index (χ4n) is 3.27. The third kappa shape index (κ3) is 1.95. The summed E-state index contributed by atoms with van der Waals surface area (Å²) in [7, 11) is 0. The smallest absolute Gasteiger partial charge is 0.128 e. The third-order valence-electron chi connectivity index (χ3n) is 4.38. The number of hydrogen-bond donors (Lipinski definition) is 1. The van der Waals surface area contributed by atoms with E-state index < -0.39 is 0 Å². The molecule has 0 radical (unpaired) electrons. The van der Waals surface area contributed by atoms with Crippen LogP contribution in [0.1, 0.15) is 36.8 Å². The Hall–Kier alpha value is -0.960. The number of benzene rings is 1. The molecule has 0 aromatic heterocycles. The van der Waals surface area contributed by atoms with Gasteiger partial charge in [-0.1, -0.05) is 37.1 Å². The van der Waals surface area contributed by atoms with E-state index in [4.69, 9.17) is 5.41 Å². The number of thioether (sulfide) groups is 1. The summed E-state index contributed by atoms with van der Waals surface area (Å²) >= 11 is 2.01. The minimum absolute atomic E-state index is 0.397. The van der Waals surface area contributed by atoms with Crippen LogP contribution >= 0.6 is 11.8 Å². The maximum Gasteiger partial charge on any atom is 0.128 e. The molecule has 0 bridgehead atoms. The van der Waals surface area contributed by atoms with E-state index >= 15 is 0 Å². The van der Waals surface area contributed by atoms with Gasteiger partial charge in [0, 0.05) is 23.4 Å². The van der Waals surface area contributed by atoms with Crippen molar-refractivity contribution >= 4 is 17.6 Å². The van der Waals surface area contributed by atoms with Gasteiger partial charge in [-0.15, -0.1) is 0 Å². The van der Waals surface area contributed by atoms with Crippen molar-refractivity contribution in [3.63, 3.8) is 0 Å². The average molecular weight is 260 g/mol. The molecule has 0 spiro atoms. The summed E-state index contributed by atoms with van der Waals surface area (Å²) < 4.78 is 0.397. The van der Waals surface area contributed by atoms with Gasteiger partial charge in [-0.25, -0.2) is 0 Å². The van der Waals surface area contributed by atoms with Crippen molar-refractivity contribution in [2.75, 3.05) is 12.8 Å². The molecule has 1 aliphatic carbocycles. The molecule has 1 aliphatic heterocycles. The zero-order chi connectivity index (χ0) is 12.6. The second-order valence-corrected chi connectivity index (χ2v) is 6.73. The van der Waals surface area contributed by atoms with E-state index in [-0.39, 0.29) is 0 Å². The van der Waals surface area contributed by atoms with Crippen LogP contribution in [0.5, 0.6) is 0 Å². The standard InChI is InChI=1S/C15H20N2S/c1-18-15(8-4-5-9-15)11-17-10-12-6-2-3-7-13(12)14(17)16/h2-3,6-7,16H,4-5,8-11H2,1H3. The minimum atomic E-state index is 0.397. The SMILES string of the molecule is CSC1(CN2Cc3ccccc3C2=N)CCCC1. The van der Waals surface area contributed by atoms with E-state index in [0.29, 0.717) is 4.75 Å². The molecule has 1 fully saturated rings. The molecular formula is C15H20N2S. The highest BCUT2D eigenvalue weighted by molar-refractivity contribution is 8.00. The summed E-state index contributed by atoms with van der Waals surface area (Å²) in [6, 6.07) is 8.36. The molecule has 2 nitrogen and oxygen atoms in total. The minimum Gasteiger partial charge on any atom is -0.351 e. The zero-order valence-corrected chi connectivity index (χ0v) is 11.7. The second kappa shape index (κ2) is 4.61. The zero-order valence-electron chi connectivity index (χ0n) is 10.9. The molecule has 0 unspecified atom stereocenters. The van der Waals surface area contributed by atoms with E-state index in [1.54, 1.807) is 0 Å². The van der Waals surface area contributed by atoms with Gasteiger partial charge in [-0.3, -0.25) is 5.41 Å². The monoisotopic (exact) mass is 260 g/mol. The van der Waals surface area contributed by atoms with Gasteiger partial charge in [0.2, 0.25) is 0 Å². The molecule has 0 amide bonds. The number of hydrogen-bond acceptors (Lipinski definition) is 2. The van der Waals surface area contributed by atoms with E-state index in [2.05, 4.69) is 29.4 Å². The molecule has 0 saturated heterocycles. The number of fused-ring (bicyclic) bond motifs is 1. The van der Waals surface area contributed by atoms with Crippen LogP contribution in [-0.4, -0.2) is 28.3 Å². The van der Waals surface area contributed by atoms with Crippen LogP contribution in [0.25, 0.3) is 0 Å². The highest BCUT2D eigenvalue weighted by Crippen LogP contribution is 2.42. The van der Waals surface area contributed by atoms with Crippen LogP contribution in [0.3, 0.4) is 0 Å². The fourth-order valence-corrected chi connectivity index (χ4v) is 4.26. The van der Waals surface area contributed by atoms with E-state index in [9.17, 15) is 0 Å². The van der Waals surface area contributed by atoms with Crippen molar-refractivity contribution < 1.29 is 0 Å². The number of rotatable bonds is 3. The normalized spacial score (nSPS) is 21.4. The maximum absolute atomic E-state index is 8.33. The van der Waals surface area contributed by atoms with E-state index in [0.717, 1.165) is 24.5 Å². The van der Waals surface area contributed by atoms with Crippen molar-refractivity contribution in [1.29, 1.82) is 5.41 Å². The summed E-state index contributed by atoms with van der Waals surface area (Å²) in [5.74, 6) is 0.728. The first-order valence-corrected chi connectivity index (χ1v) is 7.93. The topological polar surface area (TPSA) is 27.1 Å². The van der Waals surface area contributed by atoms with Crippen molar-refractivity contribution in [2.45, 2.75) is 37.0 Å². The van der Waals surface area contributed by atoms with Crippen LogP contribution in [0.15, 0.2) is 24.3 Å². The first kappa shape index (κ1) is 12.1. The summed E-state index contributed by atoms with van der Waals surface area (Å²) in [6.45, 7) is 1.97. The Bertz CT molecular complexity index is 463. The molecule has 1 aromatic carbocycles. The first-order valence-electron chi connectivity index (χ1n) is 6.71. The number of nitrogens with zero attached hydrogens (tertiary/aromatic N) is 1. The Kier molecular flexibility index (Phi) is 3.10. The van der Waals surface area contributed by atoms with Crippen molar-refractivity contribution in [2.24, 2.45) is 0 Å². The average Bonchev–Trinajstić information content (AvgIpc) is 2.98. The molecule has 1 saturated carbocycles. The van der Waals surface area contributed by atoms with Gasteiger partial charge in [0.1, 0.15) is 5.84 Å². The molecule has 18 heavy (non-hydrogen) atoms. The highest BCUT2D eigenvalue weighted by Gasteiger charge is 2.37. The van der Waals surface area contributed by atoms with Gasteiger partial charge >= 0.3 is 0 Å². The molecule has 3 rings (SSSR count). The van der Waals surface area contributed by atoms with E-state index in [1.165, 1.54) is 31.2 Å². The van der Waals surface area contributed by atoms with Gasteiger partial charge in [0.05, 0.1) is 0 Å². The molecule has 1 N–H and O–H groups in total. The molecule has 2 aliphatic rings. The Labute approximate surface area is 113 Å². The number of nitrogens with one attached hydrogen (secondary N) is 1. The Balaban J connectivity index is 1.78. The third-order valence-corrected chi connectivity index (χ3v) is 5.78. The van der Waals surface area contributed by atoms with Crippen molar-refractivity contribution in [3.05, 3.63) is 35.4 Å². The number of amidine groups is 1. The van der Waals surface area contributed by atoms with E-state index in [1.807, 2.05) is 17.8 Å². The molecule has 0 atom stereocenters. The summed E-state index contributed by atoms with van der Waals surface area (Å²) in [5, 5.41) is 8.33. The molecular weight excluding hydrogens is 240 g/mol. The quantitative estimate of drug-likeness (QED) is 0.900. The van der Waals surface area contributed by atoms with Crippen LogP contribution in [0.2, 0.25) is 0 Å². The summed E-state index contributed by atoms with van der Waals surface area (Å²) in [5.41, 5.74) is 2.45. The lowest BCUT2D eigenvalue weighted by Gasteiger charge is -2.32. The van der Waals surface area contributed by atoms with Gasteiger partial charge in [-0.05, 0) is 24.7 Å². The predicted octanol–water partition coefficient (Wildman–Crippen LogP) is 3.50. The predicted molar refractivity (Wildman–Crippen MR) is 78.4 cm³/mol. The second-order valence-electron chi connectivity index (χ2n) is 5.46. The maximum atomic E-state index is 8.33. The lowest BCUT2D eigenvalue weighted by Crippen LogP contribution is -2.38. The van der Waals surface area contributed by atoms with Crippen molar-refractivity contribution in [1.82, 2.24) is 4.90 Å². The fraction of sp³-hybridized carbons (Fsp3) is 0.533. The van der Waals surface area contributed by atoms with Crippen molar-refractivity contribution in [3.8, 4) is 0 Å². The highest BCUT2D eigenvalue weighted by atomic mass is 32.2. The van der Waals surface area contributed by atoms with Crippen LogP contribution in [0, 0.1) is 5.41 Å². The summed E-state index contributed by atoms with van der Waals surface area (Å²) in [6.07, 6.45) is 7.57. The van der Waals surface area contributed by atoms with Gasteiger partial charge in [0.25, 0.3) is 0 Å². The van der Waals surface area contributed by atoms with Crippen LogP contribution < -0.4 is 0 Å².